The zero-order valence-corrected chi connectivity index (χ0v) is 20.9. The Bertz CT molecular complexity index is 1410. The van der Waals surface area contributed by atoms with Crippen molar-refractivity contribution in [3.8, 4) is 11.5 Å². The lowest BCUT2D eigenvalue weighted by Gasteiger charge is -2.14. The summed E-state index contributed by atoms with van der Waals surface area (Å²) >= 11 is 3.41. The van der Waals surface area contributed by atoms with Crippen molar-refractivity contribution in [2.75, 3.05) is 0 Å². The molecule has 0 saturated carbocycles. The van der Waals surface area contributed by atoms with E-state index in [2.05, 4.69) is 20.9 Å². The number of hydrogen-bond acceptors (Lipinski definition) is 5. The number of nitrogens with zero attached hydrogens (tertiary/aromatic N) is 1. The number of rotatable bonds is 8. The van der Waals surface area contributed by atoms with Gasteiger partial charge in [0.1, 0.15) is 13.2 Å². The summed E-state index contributed by atoms with van der Waals surface area (Å²) in [5, 5.41) is 0. The Hall–Kier alpha value is -4.16. The van der Waals surface area contributed by atoms with Crippen molar-refractivity contribution in [1.29, 1.82) is 0 Å². The minimum Gasteiger partial charge on any atom is -0.485 e. The largest absolute Gasteiger partial charge is 0.485 e. The standard InChI is InChI=1S/C30H22BrNO4/c31-25-14-12-24(13-15-25)29-32-26(30(33)36-29)17-23-11-16-27(34-19-21-7-3-1-4-8-21)28(18-23)35-20-22-9-5-2-6-10-22/h1-18H,19-20H2/b26-17-. The highest BCUT2D eigenvalue weighted by atomic mass is 79.9. The molecule has 0 bridgehead atoms. The van der Waals surface area contributed by atoms with E-state index < -0.39 is 5.97 Å². The van der Waals surface area contributed by atoms with E-state index in [0.717, 1.165) is 26.7 Å². The third-order valence-electron chi connectivity index (χ3n) is 5.46. The summed E-state index contributed by atoms with van der Waals surface area (Å²) < 4.78 is 18.5. The average molecular weight is 540 g/mol. The van der Waals surface area contributed by atoms with Crippen LogP contribution in [0.2, 0.25) is 0 Å². The molecule has 178 valence electrons. The molecule has 5 nitrogen and oxygen atoms in total. The van der Waals surface area contributed by atoms with Crippen molar-refractivity contribution >= 4 is 33.9 Å². The fourth-order valence-electron chi connectivity index (χ4n) is 3.60. The molecule has 0 spiro atoms. The van der Waals surface area contributed by atoms with E-state index in [1.54, 1.807) is 6.08 Å². The molecule has 0 saturated heterocycles. The van der Waals surface area contributed by atoms with E-state index in [1.165, 1.54) is 0 Å². The van der Waals surface area contributed by atoms with Crippen LogP contribution in [-0.4, -0.2) is 11.9 Å². The summed E-state index contributed by atoms with van der Waals surface area (Å²) in [5.74, 6) is 0.976. The van der Waals surface area contributed by atoms with Gasteiger partial charge in [0.05, 0.1) is 0 Å². The van der Waals surface area contributed by atoms with Gasteiger partial charge < -0.3 is 14.2 Å². The lowest BCUT2D eigenvalue weighted by molar-refractivity contribution is -0.129. The van der Waals surface area contributed by atoms with Gasteiger partial charge in [-0.3, -0.25) is 0 Å². The Morgan fingerprint density at radius 1 is 0.750 bits per heavy atom. The fourth-order valence-corrected chi connectivity index (χ4v) is 3.86. The molecule has 1 aliphatic rings. The van der Waals surface area contributed by atoms with Crippen molar-refractivity contribution in [2.24, 2.45) is 4.99 Å². The second-order valence-electron chi connectivity index (χ2n) is 8.10. The Balaban J connectivity index is 1.40. The van der Waals surface area contributed by atoms with Crippen molar-refractivity contribution < 1.29 is 19.0 Å². The molecular weight excluding hydrogens is 518 g/mol. The van der Waals surface area contributed by atoms with Gasteiger partial charge in [-0.05, 0) is 59.2 Å². The lowest BCUT2D eigenvalue weighted by atomic mass is 10.1. The molecule has 0 unspecified atom stereocenters. The van der Waals surface area contributed by atoms with Crippen LogP contribution in [-0.2, 0) is 22.7 Å². The number of carbonyl (C=O) groups excluding carboxylic acids is 1. The minimum atomic E-state index is -0.496. The Kier molecular flexibility index (Phi) is 7.24. The van der Waals surface area contributed by atoms with Gasteiger partial charge in [0.2, 0.25) is 5.90 Å². The molecule has 0 amide bonds. The van der Waals surface area contributed by atoms with E-state index in [0.29, 0.717) is 24.7 Å². The molecule has 0 radical (unpaired) electrons. The van der Waals surface area contributed by atoms with Crippen LogP contribution in [0.3, 0.4) is 0 Å². The SMILES string of the molecule is O=C1OC(c2ccc(Br)cc2)=N/C1=C\c1ccc(OCc2ccccc2)c(OCc2ccccc2)c1. The molecule has 36 heavy (non-hydrogen) atoms. The molecule has 0 fully saturated rings. The first-order valence-corrected chi connectivity index (χ1v) is 12.2. The Morgan fingerprint density at radius 2 is 1.36 bits per heavy atom. The summed E-state index contributed by atoms with van der Waals surface area (Å²) in [6, 6.07) is 32.8. The zero-order chi connectivity index (χ0) is 24.7. The third kappa shape index (κ3) is 5.90. The summed E-state index contributed by atoms with van der Waals surface area (Å²) in [4.78, 5) is 16.9. The molecular formula is C30H22BrNO4. The van der Waals surface area contributed by atoms with Crippen LogP contribution in [0.5, 0.6) is 11.5 Å². The molecule has 1 heterocycles. The van der Waals surface area contributed by atoms with Gasteiger partial charge in [-0.15, -0.1) is 0 Å². The molecule has 4 aromatic rings. The number of hydrogen-bond donors (Lipinski definition) is 0. The van der Waals surface area contributed by atoms with E-state index in [1.807, 2.05) is 103 Å². The second-order valence-corrected chi connectivity index (χ2v) is 9.01. The second kappa shape index (κ2) is 11.1. The van der Waals surface area contributed by atoms with Gasteiger partial charge in [0.15, 0.2) is 17.2 Å². The lowest BCUT2D eigenvalue weighted by Crippen LogP contribution is -2.05. The van der Waals surface area contributed by atoms with Crippen LogP contribution in [0.4, 0.5) is 0 Å². The van der Waals surface area contributed by atoms with Crippen LogP contribution < -0.4 is 9.47 Å². The van der Waals surface area contributed by atoms with E-state index in [9.17, 15) is 4.79 Å². The summed E-state index contributed by atoms with van der Waals surface area (Å²) in [5.41, 5.74) is 3.80. The van der Waals surface area contributed by atoms with Crippen LogP contribution in [0.1, 0.15) is 22.3 Å². The Morgan fingerprint density at radius 3 is 2.00 bits per heavy atom. The van der Waals surface area contributed by atoms with Gasteiger partial charge >= 0.3 is 5.97 Å². The first kappa shape index (κ1) is 23.6. The maximum absolute atomic E-state index is 12.5. The normalized spacial score (nSPS) is 13.9. The van der Waals surface area contributed by atoms with Gasteiger partial charge in [0, 0.05) is 10.0 Å². The van der Waals surface area contributed by atoms with Crippen molar-refractivity contribution in [1.82, 2.24) is 0 Å². The topological polar surface area (TPSA) is 57.1 Å². The maximum Gasteiger partial charge on any atom is 0.363 e. The monoisotopic (exact) mass is 539 g/mol. The van der Waals surface area contributed by atoms with Crippen LogP contribution >= 0.6 is 15.9 Å². The van der Waals surface area contributed by atoms with Crippen LogP contribution in [0.15, 0.2) is 118 Å². The van der Waals surface area contributed by atoms with Crippen molar-refractivity contribution in [3.63, 3.8) is 0 Å². The predicted octanol–water partition coefficient (Wildman–Crippen LogP) is 6.95. The molecule has 0 N–H and O–H groups in total. The van der Waals surface area contributed by atoms with E-state index >= 15 is 0 Å². The molecule has 0 aromatic heterocycles. The third-order valence-corrected chi connectivity index (χ3v) is 5.99. The number of benzene rings is 4. The molecule has 1 aliphatic heterocycles. The van der Waals surface area contributed by atoms with Gasteiger partial charge in [-0.1, -0.05) is 82.7 Å². The van der Waals surface area contributed by atoms with E-state index in [4.69, 9.17) is 14.2 Å². The van der Waals surface area contributed by atoms with Crippen molar-refractivity contribution in [3.05, 3.63) is 136 Å². The molecule has 6 heteroatoms. The smallest absolute Gasteiger partial charge is 0.363 e. The van der Waals surface area contributed by atoms with Gasteiger partial charge in [0.25, 0.3) is 0 Å². The van der Waals surface area contributed by atoms with Gasteiger partial charge in [-0.2, -0.15) is 0 Å². The maximum atomic E-state index is 12.5. The molecule has 0 atom stereocenters. The van der Waals surface area contributed by atoms with Crippen LogP contribution in [0.25, 0.3) is 6.08 Å². The first-order valence-electron chi connectivity index (χ1n) is 11.4. The number of carbonyl (C=O) groups is 1. The zero-order valence-electron chi connectivity index (χ0n) is 19.3. The van der Waals surface area contributed by atoms with Crippen molar-refractivity contribution in [2.45, 2.75) is 13.2 Å². The molecule has 4 aromatic carbocycles. The summed E-state index contributed by atoms with van der Waals surface area (Å²) in [6.45, 7) is 0.798. The highest BCUT2D eigenvalue weighted by Gasteiger charge is 2.24. The van der Waals surface area contributed by atoms with Crippen LogP contribution in [0, 0.1) is 0 Å². The van der Waals surface area contributed by atoms with Gasteiger partial charge in [-0.25, -0.2) is 9.79 Å². The quantitative estimate of drug-likeness (QED) is 0.179. The fraction of sp³-hybridized carbons (Fsp3) is 0.0667. The number of aliphatic imine (C=N–C) groups is 1. The number of cyclic esters (lactones) is 1. The predicted molar refractivity (Wildman–Crippen MR) is 143 cm³/mol. The molecule has 0 aliphatic carbocycles. The van der Waals surface area contributed by atoms with E-state index in [-0.39, 0.29) is 11.6 Å². The highest BCUT2D eigenvalue weighted by molar-refractivity contribution is 9.10. The Labute approximate surface area is 217 Å². The number of halogens is 1. The summed E-state index contributed by atoms with van der Waals surface area (Å²) in [6.07, 6.45) is 1.69. The molecule has 5 rings (SSSR count). The summed E-state index contributed by atoms with van der Waals surface area (Å²) in [7, 11) is 0. The first-order chi connectivity index (χ1) is 17.6. The number of ether oxygens (including phenoxy) is 3. The number of esters is 1. The average Bonchev–Trinajstić information content (AvgIpc) is 3.28. The minimum absolute atomic E-state index is 0.222. The highest BCUT2D eigenvalue weighted by Crippen LogP contribution is 2.31.